The van der Waals surface area contributed by atoms with Crippen LogP contribution in [0.2, 0.25) is 0 Å². The van der Waals surface area contributed by atoms with Crippen LogP contribution < -0.4 is 10.1 Å². The summed E-state index contributed by atoms with van der Waals surface area (Å²) in [6.07, 6.45) is 2.12. The summed E-state index contributed by atoms with van der Waals surface area (Å²) >= 11 is 1.11. The van der Waals surface area contributed by atoms with E-state index >= 15 is 0 Å². The lowest BCUT2D eigenvalue weighted by molar-refractivity contribution is -0.149. The van der Waals surface area contributed by atoms with Crippen LogP contribution in [-0.4, -0.2) is 55.3 Å². The number of para-hydroxylation sites is 1. The van der Waals surface area contributed by atoms with Gasteiger partial charge in [-0.3, -0.25) is 14.4 Å². The predicted octanol–water partition coefficient (Wildman–Crippen LogP) is 5.93. The average Bonchev–Trinajstić information content (AvgIpc) is 3.50. The third-order valence-electron chi connectivity index (χ3n) is 6.37. The summed E-state index contributed by atoms with van der Waals surface area (Å²) in [5.74, 6) is 0.595. The number of hydrogen-bond donors (Lipinski definition) is 1. The summed E-state index contributed by atoms with van der Waals surface area (Å²) in [5, 5.41) is 15.3. The first-order valence-electron chi connectivity index (χ1n) is 13.2. The topological polar surface area (TPSA) is 130 Å². The number of nitrogens with one attached hydrogen (secondary N) is 1. The van der Waals surface area contributed by atoms with Crippen LogP contribution in [0.15, 0.2) is 71.4 Å². The van der Waals surface area contributed by atoms with Gasteiger partial charge in [-0.1, -0.05) is 61.0 Å². The van der Waals surface area contributed by atoms with Gasteiger partial charge in [-0.2, -0.15) is 5.26 Å². The molecule has 1 aliphatic carbocycles. The van der Waals surface area contributed by atoms with Crippen LogP contribution in [0.3, 0.4) is 0 Å². The lowest BCUT2D eigenvalue weighted by atomic mass is 10.1. The average molecular weight is 595 g/mol. The maximum atomic E-state index is 12.7. The zero-order valence-electron chi connectivity index (χ0n) is 25.2. The van der Waals surface area contributed by atoms with Crippen molar-refractivity contribution in [3.05, 3.63) is 71.8 Å². The van der Waals surface area contributed by atoms with Crippen LogP contribution in [0.4, 0.5) is 4.79 Å². The van der Waals surface area contributed by atoms with Crippen LogP contribution >= 0.6 is 11.8 Å². The van der Waals surface area contributed by atoms with Crippen molar-refractivity contribution in [2.24, 2.45) is 22.4 Å². The van der Waals surface area contributed by atoms with Gasteiger partial charge in [0.1, 0.15) is 17.6 Å². The van der Waals surface area contributed by atoms with Crippen molar-refractivity contribution in [3.8, 4) is 17.6 Å². The molecule has 0 spiro atoms. The second-order valence-corrected chi connectivity index (χ2v) is 11.2. The minimum atomic E-state index is -0.962. The zero-order chi connectivity index (χ0) is 31.4. The molecule has 2 aromatic rings. The molecule has 3 atom stereocenters. The number of ether oxygens (including phenoxy) is 2. The molecule has 11 heteroatoms. The van der Waals surface area contributed by atoms with Gasteiger partial charge in [0.25, 0.3) is 5.91 Å². The maximum absolute atomic E-state index is 12.7. The largest absolute Gasteiger partial charge is 0.457 e. The van der Waals surface area contributed by atoms with Crippen LogP contribution in [0.25, 0.3) is 0 Å². The van der Waals surface area contributed by atoms with Gasteiger partial charge in [0.05, 0.1) is 5.92 Å². The molecule has 10 nitrogen and oxygen atoms in total. The van der Waals surface area contributed by atoms with Gasteiger partial charge in [-0.05, 0) is 55.7 Å². The minimum absolute atomic E-state index is 0.124. The molecule has 3 rings (SSSR count). The van der Waals surface area contributed by atoms with Gasteiger partial charge in [0.15, 0.2) is 0 Å². The standard InChI is InChI=1S/C24H25NO3.C7H13N3O3S/c1-16(2)13-20-22(24(20,3)4)23(26)28-21(15-25)17-9-8-12-19(14-17)27-18-10-6-5-7-11-18;1-8-7(12)13-9-5(14-4)6(11)10(2)3/h5-14,20-22H,1-4H3;1-4H3,(H,8,12)/b;9-5+. The van der Waals surface area contributed by atoms with E-state index < -0.39 is 12.2 Å². The summed E-state index contributed by atoms with van der Waals surface area (Å²) < 4.78 is 11.4. The van der Waals surface area contributed by atoms with Crippen molar-refractivity contribution in [2.45, 2.75) is 33.8 Å². The van der Waals surface area contributed by atoms with E-state index in [9.17, 15) is 19.6 Å². The second kappa shape index (κ2) is 15.6. The minimum Gasteiger partial charge on any atom is -0.457 e. The summed E-state index contributed by atoms with van der Waals surface area (Å²) in [4.78, 5) is 40.4. The van der Waals surface area contributed by atoms with Crippen LogP contribution in [-0.2, 0) is 19.2 Å². The van der Waals surface area contributed by atoms with Gasteiger partial charge in [-0.25, -0.2) is 4.79 Å². The molecule has 0 bridgehead atoms. The first-order chi connectivity index (χ1) is 19.8. The Labute approximate surface area is 251 Å². The first kappa shape index (κ1) is 33.9. The molecule has 0 radical (unpaired) electrons. The first-order valence-corrected chi connectivity index (χ1v) is 14.4. The van der Waals surface area contributed by atoms with E-state index in [0.717, 1.165) is 11.8 Å². The molecular formula is C31H38N4O6S. The van der Waals surface area contributed by atoms with E-state index in [-0.39, 0.29) is 34.2 Å². The Hall–Kier alpha value is -4.30. The van der Waals surface area contributed by atoms with E-state index in [4.69, 9.17) is 9.47 Å². The zero-order valence-corrected chi connectivity index (χ0v) is 26.0. The lowest BCUT2D eigenvalue weighted by Crippen LogP contribution is -2.28. The number of amides is 2. The van der Waals surface area contributed by atoms with Crippen LogP contribution in [0, 0.1) is 28.6 Å². The number of allylic oxidation sites excluding steroid dienone is 2. The van der Waals surface area contributed by atoms with Crippen LogP contribution in [0.1, 0.15) is 39.4 Å². The van der Waals surface area contributed by atoms with Crippen LogP contribution in [0.5, 0.6) is 11.5 Å². The molecule has 2 amide bonds. The van der Waals surface area contributed by atoms with E-state index in [0.29, 0.717) is 17.1 Å². The molecule has 0 heterocycles. The number of nitriles is 1. The van der Waals surface area contributed by atoms with Gasteiger partial charge in [0.2, 0.25) is 11.1 Å². The molecule has 3 unspecified atom stereocenters. The van der Waals surface area contributed by atoms with Crippen molar-refractivity contribution in [1.82, 2.24) is 10.2 Å². The number of esters is 1. The number of carbonyl (C=O) groups excluding carboxylic acids is 3. The van der Waals surface area contributed by atoms with E-state index in [1.165, 1.54) is 17.5 Å². The molecule has 42 heavy (non-hydrogen) atoms. The Bertz CT molecular complexity index is 1350. The molecule has 1 saturated carbocycles. The van der Waals surface area contributed by atoms with Crippen molar-refractivity contribution in [3.63, 3.8) is 0 Å². The Kier molecular flexibility index (Phi) is 12.6. The molecule has 1 fully saturated rings. The number of thioether (sulfide) groups is 1. The monoisotopic (exact) mass is 594 g/mol. The summed E-state index contributed by atoms with van der Waals surface area (Å²) in [6.45, 7) is 8.15. The highest BCUT2D eigenvalue weighted by atomic mass is 32.2. The summed E-state index contributed by atoms with van der Waals surface area (Å²) in [7, 11) is 4.59. The lowest BCUT2D eigenvalue weighted by Gasteiger charge is -2.13. The molecule has 1 aliphatic rings. The van der Waals surface area contributed by atoms with E-state index in [1.807, 2.05) is 50.2 Å². The van der Waals surface area contributed by atoms with E-state index in [2.05, 4.69) is 41.3 Å². The Morgan fingerprint density at radius 1 is 1.10 bits per heavy atom. The molecule has 0 saturated heterocycles. The Morgan fingerprint density at radius 3 is 2.29 bits per heavy atom. The highest BCUT2D eigenvalue weighted by molar-refractivity contribution is 8.15. The molecule has 2 aromatic carbocycles. The predicted molar refractivity (Wildman–Crippen MR) is 163 cm³/mol. The second-order valence-electron chi connectivity index (χ2n) is 10.4. The molecular weight excluding hydrogens is 556 g/mol. The fourth-order valence-electron chi connectivity index (χ4n) is 4.01. The SMILES string of the molecule is CC(C)=CC1C(C(=O)OC(C#N)c2cccc(Oc3ccccc3)c2)C1(C)C.CNC(=O)O/N=C(/SC)C(=O)N(C)C. The quantitative estimate of drug-likeness (QED) is 0.104. The normalized spacial score (nSPS) is 17.2. The Balaban J connectivity index is 0.000000374. The van der Waals surface area contributed by atoms with Gasteiger partial charge in [0, 0.05) is 26.7 Å². The highest BCUT2D eigenvalue weighted by Crippen LogP contribution is 2.60. The van der Waals surface area contributed by atoms with Crippen molar-refractivity contribution >= 4 is 34.8 Å². The fraction of sp³-hybridized carbons (Fsp3) is 0.387. The Morgan fingerprint density at radius 2 is 1.74 bits per heavy atom. The molecule has 224 valence electrons. The van der Waals surface area contributed by atoms with Crippen molar-refractivity contribution in [2.75, 3.05) is 27.4 Å². The summed E-state index contributed by atoms with van der Waals surface area (Å²) in [6, 6.07) is 18.6. The number of oxime groups is 1. The van der Waals surface area contributed by atoms with Crippen molar-refractivity contribution < 1.29 is 28.7 Å². The smallest absolute Gasteiger partial charge is 0.433 e. The fourth-order valence-corrected chi connectivity index (χ4v) is 4.47. The molecule has 0 aromatic heterocycles. The maximum Gasteiger partial charge on any atom is 0.433 e. The molecule has 1 N–H and O–H groups in total. The van der Waals surface area contributed by atoms with Gasteiger partial charge < -0.3 is 19.7 Å². The number of benzene rings is 2. The number of carbonyl (C=O) groups is 3. The van der Waals surface area contributed by atoms with Crippen molar-refractivity contribution in [1.29, 1.82) is 5.26 Å². The van der Waals surface area contributed by atoms with Gasteiger partial charge in [-0.15, -0.1) is 11.8 Å². The number of rotatable bonds is 7. The third kappa shape index (κ3) is 9.66. The molecule has 0 aliphatic heterocycles. The van der Waals surface area contributed by atoms with Gasteiger partial charge >= 0.3 is 12.1 Å². The number of nitrogens with zero attached hydrogens (tertiary/aromatic N) is 3. The highest BCUT2D eigenvalue weighted by Gasteiger charge is 2.61. The summed E-state index contributed by atoms with van der Waals surface area (Å²) in [5.41, 5.74) is 1.63. The number of hydrogen-bond acceptors (Lipinski definition) is 9. The third-order valence-corrected chi connectivity index (χ3v) is 7.00. The van der Waals surface area contributed by atoms with E-state index in [1.54, 1.807) is 38.6 Å².